The van der Waals surface area contributed by atoms with Gasteiger partial charge in [-0.2, -0.15) is 0 Å². The minimum absolute atomic E-state index is 0.195. The van der Waals surface area contributed by atoms with Crippen molar-refractivity contribution in [2.24, 2.45) is 5.92 Å². The molecule has 212 valence electrons. The molecule has 0 aromatic heterocycles. The molecule has 0 bridgehead atoms. The van der Waals surface area contributed by atoms with Crippen molar-refractivity contribution < 1.29 is 10.0 Å². The predicted molar refractivity (Wildman–Crippen MR) is 184 cm³/mol. The highest BCUT2D eigenvalue weighted by Gasteiger charge is 2.34. The Morgan fingerprint density at radius 3 is 1.95 bits per heavy atom. The highest BCUT2D eigenvalue weighted by atomic mass is 16.4. The highest BCUT2D eigenvalue weighted by molar-refractivity contribution is 6.58. The number of fused-ring (bicyclic) bond motifs is 2. The van der Waals surface area contributed by atoms with Crippen molar-refractivity contribution in [2.45, 2.75) is 6.42 Å². The van der Waals surface area contributed by atoms with Gasteiger partial charge in [0.15, 0.2) is 0 Å². The smallest absolute Gasteiger partial charge is 0.423 e. The summed E-state index contributed by atoms with van der Waals surface area (Å²) in [5.74, 6) is 0.195. The lowest BCUT2D eigenvalue weighted by molar-refractivity contribution is 0.426. The van der Waals surface area contributed by atoms with E-state index in [9.17, 15) is 10.0 Å². The number of para-hydroxylation sites is 1. The van der Waals surface area contributed by atoms with Crippen molar-refractivity contribution in [3.63, 3.8) is 0 Å². The maximum absolute atomic E-state index is 9.54. The third-order valence-corrected chi connectivity index (χ3v) is 8.41. The van der Waals surface area contributed by atoms with Crippen molar-refractivity contribution in [1.29, 1.82) is 0 Å². The van der Waals surface area contributed by atoms with Gasteiger partial charge in [0.25, 0.3) is 0 Å². The first kappa shape index (κ1) is 27.7. The molecule has 7 rings (SSSR count). The summed E-state index contributed by atoms with van der Waals surface area (Å²) in [5.41, 5.74) is 12.2. The molecule has 3 nitrogen and oxygen atoms in total. The Balaban J connectivity index is 1.28. The monoisotopic (exact) mass is 569 g/mol. The van der Waals surface area contributed by atoms with Crippen LogP contribution in [0.4, 0.5) is 11.4 Å². The van der Waals surface area contributed by atoms with Crippen molar-refractivity contribution in [3.8, 4) is 0 Å². The van der Waals surface area contributed by atoms with Gasteiger partial charge >= 0.3 is 7.12 Å². The summed E-state index contributed by atoms with van der Waals surface area (Å²) < 4.78 is 0. The number of nitrogens with zero attached hydrogens (tertiary/aromatic N) is 1. The van der Waals surface area contributed by atoms with Crippen LogP contribution in [-0.4, -0.2) is 17.2 Å². The van der Waals surface area contributed by atoms with Gasteiger partial charge in [0, 0.05) is 22.9 Å². The number of benzene rings is 5. The average Bonchev–Trinajstić information content (AvgIpc) is 3.08. The van der Waals surface area contributed by atoms with E-state index in [1.54, 1.807) is 12.1 Å². The van der Waals surface area contributed by atoms with Gasteiger partial charge in [-0.25, -0.2) is 0 Å². The second-order valence-electron chi connectivity index (χ2n) is 11.2. The fourth-order valence-corrected chi connectivity index (χ4v) is 6.24. The van der Waals surface area contributed by atoms with Crippen LogP contribution in [0.25, 0.3) is 23.3 Å². The van der Waals surface area contributed by atoms with Crippen LogP contribution in [-0.2, 0) is 0 Å². The molecule has 0 spiro atoms. The summed E-state index contributed by atoms with van der Waals surface area (Å²) in [5, 5.41) is 19.1. The van der Waals surface area contributed by atoms with Crippen molar-refractivity contribution in [2.75, 3.05) is 4.90 Å². The lowest BCUT2D eigenvalue weighted by Crippen LogP contribution is -2.30. The van der Waals surface area contributed by atoms with Crippen LogP contribution in [0.1, 0.15) is 34.2 Å². The Hall–Kier alpha value is -5.16. The number of hydrogen-bond donors (Lipinski definition) is 2. The fourth-order valence-electron chi connectivity index (χ4n) is 6.24. The molecule has 0 saturated heterocycles. The third-order valence-electron chi connectivity index (χ3n) is 8.41. The first-order valence-electron chi connectivity index (χ1n) is 15.0. The van der Waals surface area contributed by atoms with E-state index in [1.165, 1.54) is 33.5 Å². The van der Waals surface area contributed by atoms with E-state index in [-0.39, 0.29) is 5.92 Å². The molecule has 1 atom stereocenters. The zero-order valence-electron chi connectivity index (χ0n) is 24.3. The summed E-state index contributed by atoms with van der Waals surface area (Å²) >= 11 is 0. The molecule has 5 aromatic carbocycles. The molecular weight excluding hydrogens is 537 g/mol. The molecule has 0 radical (unpaired) electrons. The van der Waals surface area contributed by atoms with Gasteiger partial charge in [0.1, 0.15) is 0 Å². The van der Waals surface area contributed by atoms with Gasteiger partial charge in [-0.3, -0.25) is 0 Å². The standard InChI is InChI=1S/C40H32BNO2/c43-41(44)33-23-19-29(20-24-33)28-38-35-15-7-9-17-39(35)42(40-18-10-8-16-36(38)40)34-25-21-30(22-26-34)27-37(31-11-3-1-4-12-31)32-13-5-2-6-14-32/h1-15,17-28,36,43-44H,16H2/b38-28-. The van der Waals surface area contributed by atoms with Gasteiger partial charge in [0.2, 0.25) is 0 Å². The van der Waals surface area contributed by atoms with E-state index in [2.05, 4.69) is 144 Å². The SMILES string of the molecule is OB(O)c1ccc(/C=C2/c3ccccc3N(c3ccc(C=C(c4ccccc4)c4ccccc4)cc3)C3=CC=CCC32)cc1. The molecule has 2 aliphatic rings. The summed E-state index contributed by atoms with van der Waals surface area (Å²) in [4.78, 5) is 2.40. The zero-order valence-corrected chi connectivity index (χ0v) is 24.3. The van der Waals surface area contributed by atoms with Gasteiger partial charge < -0.3 is 14.9 Å². The van der Waals surface area contributed by atoms with E-state index in [1.807, 2.05) is 12.1 Å². The maximum Gasteiger partial charge on any atom is 0.488 e. The first-order valence-corrected chi connectivity index (χ1v) is 15.0. The molecule has 1 aliphatic carbocycles. The van der Waals surface area contributed by atoms with E-state index in [0.29, 0.717) is 5.46 Å². The van der Waals surface area contributed by atoms with E-state index >= 15 is 0 Å². The van der Waals surface area contributed by atoms with Gasteiger partial charge in [0.05, 0.1) is 5.69 Å². The Morgan fingerprint density at radius 2 is 1.30 bits per heavy atom. The second-order valence-corrected chi connectivity index (χ2v) is 11.2. The Bertz CT molecular complexity index is 1850. The normalized spacial score (nSPS) is 16.1. The summed E-state index contributed by atoms with van der Waals surface area (Å²) in [6.07, 6.45) is 12.1. The highest BCUT2D eigenvalue weighted by Crippen LogP contribution is 2.50. The van der Waals surface area contributed by atoms with Crippen LogP contribution in [0.3, 0.4) is 0 Å². The molecule has 4 heteroatoms. The van der Waals surface area contributed by atoms with E-state index < -0.39 is 7.12 Å². The molecule has 44 heavy (non-hydrogen) atoms. The van der Waals surface area contributed by atoms with Crippen LogP contribution in [0.2, 0.25) is 0 Å². The molecule has 1 aliphatic heterocycles. The molecule has 2 N–H and O–H groups in total. The van der Waals surface area contributed by atoms with E-state index in [4.69, 9.17) is 0 Å². The quantitative estimate of drug-likeness (QED) is 0.160. The summed E-state index contributed by atoms with van der Waals surface area (Å²) in [6.45, 7) is 0. The van der Waals surface area contributed by atoms with Gasteiger partial charge in [-0.15, -0.1) is 0 Å². The topological polar surface area (TPSA) is 43.7 Å². The fraction of sp³-hybridized carbons (Fsp3) is 0.0500. The number of allylic oxidation sites excluding steroid dienone is 4. The molecule has 5 aromatic rings. The molecular formula is C40H32BNO2. The van der Waals surface area contributed by atoms with Crippen LogP contribution >= 0.6 is 0 Å². The number of anilines is 2. The summed E-state index contributed by atoms with van der Waals surface area (Å²) in [7, 11) is -1.47. The lowest BCUT2D eigenvalue weighted by Gasteiger charge is -2.41. The lowest BCUT2D eigenvalue weighted by atomic mass is 9.78. The average molecular weight is 570 g/mol. The largest absolute Gasteiger partial charge is 0.488 e. The minimum Gasteiger partial charge on any atom is -0.423 e. The number of rotatable bonds is 6. The Labute approximate surface area is 259 Å². The Kier molecular flexibility index (Phi) is 7.68. The molecule has 1 unspecified atom stereocenters. The second kappa shape index (κ2) is 12.2. The third kappa shape index (κ3) is 5.49. The van der Waals surface area contributed by atoms with Gasteiger partial charge in [-0.1, -0.05) is 133 Å². The van der Waals surface area contributed by atoms with Crippen LogP contribution < -0.4 is 10.4 Å². The van der Waals surface area contributed by atoms with Crippen molar-refractivity contribution in [1.82, 2.24) is 0 Å². The zero-order chi connectivity index (χ0) is 29.9. The molecule has 0 amide bonds. The van der Waals surface area contributed by atoms with Gasteiger partial charge in [-0.05, 0) is 75.6 Å². The molecule has 0 saturated carbocycles. The minimum atomic E-state index is -1.47. The van der Waals surface area contributed by atoms with E-state index in [0.717, 1.165) is 28.9 Å². The maximum atomic E-state index is 9.54. The number of hydrogen-bond acceptors (Lipinski definition) is 3. The van der Waals surface area contributed by atoms with Crippen molar-refractivity contribution >= 4 is 47.3 Å². The first-order chi connectivity index (χ1) is 21.7. The molecule has 1 heterocycles. The molecule has 0 fully saturated rings. The van der Waals surface area contributed by atoms with Crippen LogP contribution in [0.5, 0.6) is 0 Å². The summed E-state index contributed by atoms with van der Waals surface area (Å²) in [6, 6.07) is 46.0. The van der Waals surface area contributed by atoms with Crippen LogP contribution in [0.15, 0.2) is 157 Å². The predicted octanol–water partition coefficient (Wildman–Crippen LogP) is 8.11. The van der Waals surface area contributed by atoms with Crippen LogP contribution in [0, 0.1) is 5.92 Å². The Morgan fingerprint density at radius 1 is 0.682 bits per heavy atom. The van der Waals surface area contributed by atoms with Crippen molar-refractivity contribution in [3.05, 3.63) is 185 Å².